The maximum atomic E-state index is 12.1. The summed E-state index contributed by atoms with van der Waals surface area (Å²) >= 11 is 4.82. The average molecular weight is 306 g/mol. The number of thiophene rings is 1. The van der Waals surface area contributed by atoms with E-state index in [1.165, 1.54) is 11.3 Å². The molecule has 0 atom stereocenters. The number of halogens is 1. The molecule has 0 spiro atoms. The number of methoxy groups -OCH3 is 1. The lowest BCUT2D eigenvalue weighted by atomic mass is 10.1. The highest BCUT2D eigenvalue weighted by Crippen LogP contribution is 2.25. The topological polar surface area (TPSA) is 29.5 Å². The third-order valence-corrected chi connectivity index (χ3v) is 4.83. The van der Waals surface area contributed by atoms with E-state index in [0.717, 1.165) is 11.1 Å². The monoisotopic (exact) mass is 305 g/mol. The summed E-state index contributed by atoms with van der Waals surface area (Å²) in [6.07, 6.45) is 0. The molecule has 0 aliphatic carbocycles. The molecule has 0 bridgehead atoms. The molecule has 0 aliphatic rings. The minimum Gasteiger partial charge on any atom is -0.496 e. The molecule has 0 aliphatic heterocycles. The molecule has 1 aromatic heterocycles. The van der Waals surface area contributed by atoms with E-state index in [2.05, 4.69) is 15.9 Å². The van der Waals surface area contributed by atoms with E-state index >= 15 is 0 Å². The van der Waals surface area contributed by atoms with Gasteiger partial charge in [0.2, 0.25) is 0 Å². The van der Waals surface area contributed by atoms with Gasteiger partial charge in [-0.05, 0) is 13.8 Å². The van der Waals surface area contributed by atoms with Crippen molar-refractivity contribution in [2.75, 3.05) is 19.5 Å². The van der Waals surface area contributed by atoms with Gasteiger partial charge in [-0.1, -0.05) is 15.9 Å². The fourth-order valence-corrected chi connectivity index (χ4v) is 2.27. The number of nitrogens with zero attached hydrogens (tertiary/aromatic N) is 1. The normalized spacial score (nSPS) is 11.3. The van der Waals surface area contributed by atoms with E-state index in [1.807, 2.05) is 26.3 Å². The van der Waals surface area contributed by atoms with Crippen LogP contribution in [0.2, 0.25) is 0 Å². The number of hydrogen-bond donors (Lipinski definition) is 0. The molecule has 1 rings (SSSR count). The fraction of sp³-hybridized carbons (Fsp3) is 0.545. The van der Waals surface area contributed by atoms with Gasteiger partial charge in [0.25, 0.3) is 5.91 Å². The first-order chi connectivity index (χ1) is 7.42. The maximum absolute atomic E-state index is 12.1. The third kappa shape index (κ3) is 2.77. The summed E-state index contributed by atoms with van der Waals surface area (Å²) in [5.74, 6) is 0.760. The number of rotatable bonds is 4. The second kappa shape index (κ2) is 5.19. The molecule has 1 heterocycles. The Kier molecular flexibility index (Phi) is 4.38. The predicted molar refractivity (Wildman–Crippen MR) is 70.8 cm³/mol. The SMILES string of the molecule is COc1csc(C(=O)N(C)C(C)(C)CBr)c1. The van der Waals surface area contributed by atoms with Crippen molar-refractivity contribution < 1.29 is 9.53 Å². The lowest BCUT2D eigenvalue weighted by Crippen LogP contribution is -2.46. The standard InChI is InChI=1S/C11H16BrNO2S/c1-11(2,7-12)13(3)10(14)9-5-8(15-4)6-16-9/h5-6H,7H2,1-4H3. The lowest BCUT2D eigenvalue weighted by molar-refractivity contribution is 0.0668. The van der Waals surface area contributed by atoms with Gasteiger partial charge >= 0.3 is 0 Å². The highest BCUT2D eigenvalue weighted by Gasteiger charge is 2.27. The lowest BCUT2D eigenvalue weighted by Gasteiger charge is -2.33. The second-order valence-electron chi connectivity index (χ2n) is 4.16. The van der Waals surface area contributed by atoms with Crippen LogP contribution in [0.1, 0.15) is 23.5 Å². The van der Waals surface area contributed by atoms with Crippen LogP contribution in [0.15, 0.2) is 11.4 Å². The van der Waals surface area contributed by atoms with Crippen LogP contribution >= 0.6 is 27.3 Å². The Morgan fingerprint density at radius 1 is 1.62 bits per heavy atom. The average Bonchev–Trinajstić information content (AvgIpc) is 2.75. The number of hydrogen-bond acceptors (Lipinski definition) is 3. The van der Waals surface area contributed by atoms with Crippen LogP contribution < -0.4 is 4.74 Å². The molecule has 0 saturated carbocycles. The zero-order valence-corrected chi connectivity index (χ0v) is 12.3. The highest BCUT2D eigenvalue weighted by atomic mass is 79.9. The zero-order chi connectivity index (χ0) is 12.3. The van der Waals surface area contributed by atoms with E-state index < -0.39 is 0 Å². The molecule has 0 N–H and O–H groups in total. The molecular weight excluding hydrogens is 290 g/mol. The summed E-state index contributed by atoms with van der Waals surface area (Å²) in [7, 11) is 3.41. The quantitative estimate of drug-likeness (QED) is 0.800. The molecule has 1 aromatic rings. The van der Waals surface area contributed by atoms with Gasteiger partial charge in [-0.2, -0.15) is 0 Å². The highest BCUT2D eigenvalue weighted by molar-refractivity contribution is 9.09. The number of ether oxygens (including phenoxy) is 1. The van der Waals surface area contributed by atoms with Crippen LogP contribution in [0.25, 0.3) is 0 Å². The molecule has 0 saturated heterocycles. The summed E-state index contributed by atoms with van der Waals surface area (Å²) in [5.41, 5.74) is -0.200. The smallest absolute Gasteiger partial charge is 0.264 e. The van der Waals surface area contributed by atoms with Crippen LogP contribution in [-0.2, 0) is 0 Å². The minimum atomic E-state index is -0.200. The fourth-order valence-electron chi connectivity index (χ4n) is 1.07. The number of amides is 1. The molecule has 0 radical (unpaired) electrons. The van der Waals surface area contributed by atoms with Gasteiger partial charge in [0.05, 0.1) is 12.0 Å². The molecule has 3 nitrogen and oxygen atoms in total. The van der Waals surface area contributed by atoms with Gasteiger partial charge in [0, 0.05) is 29.4 Å². The Morgan fingerprint density at radius 2 is 2.25 bits per heavy atom. The Labute approximate surface area is 109 Å². The minimum absolute atomic E-state index is 0.0257. The predicted octanol–water partition coefficient (Wildman–Crippen LogP) is 3.00. The van der Waals surface area contributed by atoms with E-state index in [9.17, 15) is 4.79 Å². The summed E-state index contributed by atoms with van der Waals surface area (Å²) in [6, 6.07) is 1.77. The van der Waals surface area contributed by atoms with E-state index in [-0.39, 0.29) is 11.4 Å². The van der Waals surface area contributed by atoms with Crippen molar-refractivity contribution in [1.29, 1.82) is 0 Å². The van der Waals surface area contributed by atoms with Crippen LogP contribution in [0.3, 0.4) is 0 Å². The molecule has 0 unspecified atom stereocenters. The van der Waals surface area contributed by atoms with Crippen molar-refractivity contribution >= 4 is 33.2 Å². The van der Waals surface area contributed by atoms with Crippen molar-refractivity contribution in [2.45, 2.75) is 19.4 Å². The Hall–Kier alpha value is -0.550. The maximum Gasteiger partial charge on any atom is 0.264 e. The Bertz CT molecular complexity index is 376. The number of alkyl halides is 1. The summed E-state index contributed by atoms with van der Waals surface area (Å²) < 4.78 is 5.07. The number of carbonyl (C=O) groups excluding carboxylic acids is 1. The molecule has 5 heteroatoms. The Morgan fingerprint density at radius 3 is 2.69 bits per heavy atom. The zero-order valence-electron chi connectivity index (χ0n) is 9.91. The van der Waals surface area contributed by atoms with E-state index in [0.29, 0.717) is 4.88 Å². The van der Waals surface area contributed by atoms with Gasteiger partial charge < -0.3 is 9.64 Å². The van der Waals surface area contributed by atoms with Crippen molar-refractivity contribution in [3.8, 4) is 5.75 Å². The largest absolute Gasteiger partial charge is 0.496 e. The molecule has 1 amide bonds. The van der Waals surface area contributed by atoms with Crippen LogP contribution in [0.5, 0.6) is 5.75 Å². The Balaban J connectivity index is 2.85. The molecule has 0 aromatic carbocycles. The van der Waals surface area contributed by atoms with Gasteiger partial charge in [-0.25, -0.2) is 0 Å². The first-order valence-electron chi connectivity index (χ1n) is 4.89. The van der Waals surface area contributed by atoms with Gasteiger partial charge in [0.1, 0.15) is 5.75 Å². The molecular formula is C11H16BrNO2S. The summed E-state index contributed by atoms with van der Waals surface area (Å²) in [5, 5.41) is 2.58. The van der Waals surface area contributed by atoms with Crippen LogP contribution in [-0.4, -0.2) is 35.8 Å². The van der Waals surface area contributed by atoms with E-state index in [4.69, 9.17) is 4.74 Å². The van der Waals surface area contributed by atoms with Crippen LogP contribution in [0.4, 0.5) is 0 Å². The van der Waals surface area contributed by atoms with Gasteiger partial charge in [0.15, 0.2) is 0 Å². The van der Waals surface area contributed by atoms with Crippen molar-refractivity contribution in [3.63, 3.8) is 0 Å². The second-order valence-corrected chi connectivity index (χ2v) is 5.63. The number of carbonyl (C=O) groups is 1. The molecule has 16 heavy (non-hydrogen) atoms. The molecule has 0 fully saturated rings. The van der Waals surface area contributed by atoms with Crippen molar-refractivity contribution in [2.24, 2.45) is 0 Å². The first kappa shape index (κ1) is 13.5. The van der Waals surface area contributed by atoms with Gasteiger partial charge in [-0.3, -0.25) is 4.79 Å². The summed E-state index contributed by atoms with van der Waals surface area (Å²) in [4.78, 5) is 14.6. The summed E-state index contributed by atoms with van der Waals surface area (Å²) in [6.45, 7) is 4.04. The van der Waals surface area contributed by atoms with Crippen LogP contribution in [0, 0.1) is 0 Å². The molecule has 90 valence electrons. The van der Waals surface area contributed by atoms with Gasteiger partial charge in [-0.15, -0.1) is 11.3 Å². The third-order valence-electron chi connectivity index (χ3n) is 2.56. The van der Waals surface area contributed by atoms with E-state index in [1.54, 1.807) is 18.1 Å². The van der Waals surface area contributed by atoms with Crippen molar-refractivity contribution in [3.05, 3.63) is 16.3 Å². The first-order valence-corrected chi connectivity index (χ1v) is 6.89. The van der Waals surface area contributed by atoms with Crippen molar-refractivity contribution in [1.82, 2.24) is 4.90 Å².